The summed E-state index contributed by atoms with van der Waals surface area (Å²) in [5.41, 5.74) is 1.04. The first-order chi connectivity index (χ1) is 10.0. The lowest BCUT2D eigenvalue weighted by molar-refractivity contribution is 0.584. The van der Waals surface area contributed by atoms with Gasteiger partial charge in [0.2, 0.25) is 10.0 Å². The van der Waals surface area contributed by atoms with Crippen LogP contribution in [0.4, 0.5) is 0 Å². The van der Waals surface area contributed by atoms with Crippen LogP contribution in [-0.4, -0.2) is 14.5 Å². The van der Waals surface area contributed by atoms with Crippen molar-refractivity contribution in [2.75, 3.05) is 0 Å². The van der Waals surface area contributed by atoms with E-state index in [4.69, 9.17) is 0 Å². The summed E-state index contributed by atoms with van der Waals surface area (Å²) in [6.45, 7) is 3.12. The molecule has 21 heavy (non-hydrogen) atoms. The highest BCUT2D eigenvalue weighted by Gasteiger charge is 2.21. The average Bonchev–Trinajstić information content (AvgIpc) is 2.97. The van der Waals surface area contributed by atoms with Crippen molar-refractivity contribution in [2.24, 2.45) is 0 Å². The zero-order chi connectivity index (χ0) is 14.9. The smallest absolute Gasteiger partial charge is 0.250 e. The van der Waals surface area contributed by atoms with Crippen LogP contribution >= 0.6 is 22.7 Å². The van der Waals surface area contributed by atoms with E-state index < -0.39 is 10.0 Å². The fraction of sp³-hybridized carbons (Fsp3) is 0.429. The third-order valence-electron chi connectivity index (χ3n) is 3.30. The Bertz CT molecular complexity index is 714. The number of nitrogens with one attached hydrogen (secondary N) is 2. The Morgan fingerprint density at radius 3 is 2.76 bits per heavy atom. The molecule has 0 spiro atoms. The predicted molar refractivity (Wildman–Crippen MR) is 87.3 cm³/mol. The van der Waals surface area contributed by atoms with E-state index in [1.54, 1.807) is 17.4 Å². The third-order valence-corrected chi connectivity index (χ3v) is 7.19. The van der Waals surface area contributed by atoms with E-state index in [0.29, 0.717) is 16.8 Å². The van der Waals surface area contributed by atoms with E-state index in [0.717, 1.165) is 17.0 Å². The summed E-state index contributed by atoms with van der Waals surface area (Å²) in [7, 11) is -3.40. The van der Waals surface area contributed by atoms with Crippen molar-refractivity contribution in [2.45, 2.75) is 43.1 Å². The van der Waals surface area contributed by atoms with Crippen LogP contribution < -0.4 is 10.0 Å². The molecule has 2 aromatic heterocycles. The van der Waals surface area contributed by atoms with Crippen molar-refractivity contribution in [1.82, 2.24) is 10.0 Å². The Kier molecular flexibility index (Phi) is 4.46. The van der Waals surface area contributed by atoms with Crippen LogP contribution in [0.5, 0.6) is 0 Å². The Morgan fingerprint density at radius 2 is 2.10 bits per heavy atom. The van der Waals surface area contributed by atoms with Crippen LogP contribution in [-0.2, 0) is 23.1 Å². The summed E-state index contributed by atoms with van der Waals surface area (Å²) in [6, 6.07) is 6.36. The van der Waals surface area contributed by atoms with Crippen LogP contribution in [0.1, 0.15) is 28.2 Å². The molecule has 2 heterocycles. The van der Waals surface area contributed by atoms with Gasteiger partial charge in [-0.1, -0.05) is 0 Å². The molecule has 0 aromatic carbocycles. The van der Waals surface area contributed by atoms with Gasteiger partial charge in [-0.05, 0) is 48.9 Å². The molecular weight excluding hydrogens is 324 g/mol. The first kappa shape index (κ1) is 15.2. The number of sulfonamides is 1. The molecule has 3 rings (SSSR count). The minimum absolute atomic E-state index is 0.356. The highest BCUT2D eigenvalue weighted by molar-refractivity contribution is 7.91. The molecule has 2 N–H and O–H groups in total. The van der Waals surface area contributed by atoms with E-state index in [1.165, 1.54) is 29.1 Å². The monoisotopic (exact) mass is 342 g/mol. The van der Waals surface area contributed by atoms with E-state index in [9.17, 15) is 8.42 Å². The van der Waals surface area contributed by atoms with Gasteiger partial charge in [0.1, 0.15) is 4.21 Å². The second-order valence-corrected chi connectivity index (χ2v) is 9.54. The molecule has 0 saturated heterocycles. The topological polar surface area (TPSA) is 58.2 Å². The molecular formula is C14H18N2O2S3. The SMILES string of the molecule is Cc1ccc(CNS(=O)(=O)c2cc(CNC3CC3)cs2)s1. The van der Waals surface area contributed by atoms with Gasteiger partial charge >= 0.3 is 0 Å². The number of hydrogen-bond acceptors (Lipinski definition) is 5. The van der Waals surface area contributed by atoms with Gasteiger partial charge in [-0.15, -0.1) is 22.7 Å². The van der Waals surface area contributed by atoms with Gasteiger partial charge in [-0.25, -0.2) is 13.1 Å². The second-order valence-electron chi connectivity index (χ2n) is 5.27. The van der Waals surface area contributed by atoms with Crippen LogP contribution in [0.2, 0.25) is 0 Å². The lowest BCUT2D eigenvalue weighted by Gasteiger charge is -2.03. The number of aryl methyl sites for hydroxylation is 1. The lowest BCUT2D eigenvalue weighted by atomic mass is 10.3. The fourth-order valence-electron chi connectivity index (χ4n) is 1.95. The summed E-state index contributed by atoms with van der Waals surface area (Å²) < 4.78 is 27.6. The molecule has 114 valence electrons. The fourth-order valence-corrected chi connectivity index (χ4v) is 5.14. The largest absolute Gasteiger partial charge is 0.310 e. The van der Waals surface area contributed by atoms with Crippen LogP contribution in [0.25, 0.3) is 0 Å². The van der Waals surface area contributed by atoms with Gasteiger partial charge in [0, 0.05) is 28.9 Å². The summed E-state index contributed by atoms with van der Waals surface area (Å²) >= 11 is 2.90. The van der Waals surface area contributed by atoms with Gasteiger partial charge < -0.3 is 5.32 Å². The van der Waals surface area contributed by atoms with Crippen LogP contribution in [0.15, 0.2) is 27.8 Å². The number of hydrogen-bond donors (Lipinski definition) is 2. The predicted octanol–water partition coefficient (Wildman–Crippen LogP) is 2.85. The molecule has 4 nitrogen and oxygen atoms in total. The summed E-state index contributed by atoms with van der Waals surface area (Å²) in [4.78, 5) is 2.22. The molecule has 0 radical (unpaired) electrons. The molecule has 0 bridgehead atoms. The standard InChI is InChI=1S/C14H18N2O2S3/c1-10-2-5-13(20-10)8-16-21(17,18)14-6-11(9-19-14)7-15-12-3-4-12/h2,5-6,9,12,15-16H,3-4,7-8H2,1H3. The van der Waals surface area contributed by atoms with E-state index >= 15 is 0 Å². The molecule has 0 unspecified atom stereocenters. The van der Waals surface area contributed by atoms with Gasteiger partial charge in [0.05, 0.1) is 0 Å². The lowest BCUT2D eigenvalue weighted by Crippen LogP contribution is -2.22. The highest BCUT2D eigenvalue weighted by atomic mass is 32.2. The Balaban J connectivity index is 1.60. The molecule has 0 amide bonds. The summed E-state index contributed by atoms with van der Waals surface area (Å²) in [5, 5.41) is 5.31. The van der Waals surface area contributed by atoms with Crippen molar-refractivity contribution in [3.05, 3.63) is 38.9 Å². The van der Waals surface area contributed by atoms with Crippen molar-refractivity contribution in [1.29, 1.82) is 0 Å². The molecule has 1 fully saturated rings. The number of rotatable bonds is 7. The Morgan fingerprint density at radius 1 is 1.29 bits per heavy atom. The van der Waals surface area contributed by atoms with E-state index in [-0.39, 0.29) is 0 Å². The van der Waals surface area contributed by atoms with Gasteiger partial charge in [0.25, 0.3) is 0 Å². The molecule has 1 aliphatic rings. The van der Waals surface area contributed by atoms with Crippen LogP contribution in [0, 0.1) is 6.92 Å². The zero-order valence-corrected chi connectivity index (χ0v) is 14.2. The van der Waals surface area contributed by atoms with Gasteiger partial charge in [0.15, 0.2) is 0 Å². The minimum atomic E-state index is -3.40. The third kappa shape index (κ3) is 4.14. The normalized spacial score (nSPS) is 15.5. The maximum atomic E-state index is 12.3. The summed E-state index contributed by atoms with van der Waals surface area (Å²) in [6.07, 6.45) is 2.47. The van der Waals surface area contributed by atoms with E-state index in [1.807, 2.05) is 24.4 Å². The minimum Gasteiger partial charge on any atom is -0.310 e. The molecule has 0 aliphatic heterocycles. The summed E-state index contributed by atoms with van der Waals surface area (Å²) in [5.74, 6) is 0. The van der Waals surface area contributed by atoms with Gasteiger partial charge in [-0.3, -0.25) is 0 Å². The molecule has 1 aliphatic carbocycles. The van der Waals surface area contributed by atoms with Crippen molar-refractivity contribution in [3.63, 3.8) is 0 Å². The number of thiophene rings is 2. The Labute approximate surface area is 133 Å². The molecule has 2 aromatic rings. The first-order valence-electron chi connectivity index (χ1n) is 6.89. The Hall–Kier alpha value is -0.730. The maximum absolute atomic E-state index is 12.3. The maximum Gasteiger partial charge on any atom is 0.250 e. The van der Waals surface area contributed by atoms with E-state index in [2.05, 4.69) is 10.0 Å². The van der Waals surface area contributed by atoms with Crippen molar-refractivity contribution in [3.8, 4) is 0 Å². The zero-order valence-electron chi connectivity index (χ0n) is 11.8. The quantitative estimate of drug-likeness (QED) is 0.813. The first-order valence-corrected chi connectivity index (χ1v) is 10.1. The molecule has 7 heteroatoms. The molecule has 1 saturated carbocycles. The average molecular weight is 343 g/mol. The van der Waals surface area contributed by atoms with Gasteiger partial charge in [-0.2, -0.15) is 0 Å². The molecule has 0 atom stereocenters. The second kappa shape index (κ2) is 6.18. The van der Waals surface area contributed by atoms with Crippen LogP contribution in [0.3, 0.4) is 0 Å². The van der Waals surface area contributed by atoms with Crippen molar-refractivity contribution < 1.29 is 8.42 Å². The highest BCUT2D eigenvalue weighted by Crippen LogP contribution is 2.23. The van der Waals surface area contributed by atoms with Crippen molar-refractivity contribution >= 4 is 32.7 Å².